The standard InChI is InChI=1S/C30H21ClN4O4/c1-17-12-21(18(2)34(17)23-7-5-6-19(14-23)30(37)38)16-32-35-28(33-25-9-4-3-8-24(25)29(35)36)27-15-20-13-22(31)10-11-26(20)39-27/h3-16H,1-2H3,(H,37,38). The Labute approximate surface area is 227 Å². The molecule has 6 rings (SSSR count). The Morgan fingerprint density at radius 2 is 1.85 bits per heavy atom. The molecule has 6 aromatic rings. The third kappa shape index (κ3) is 4.30. The van der Waals surface area contributed by atoms with Gasteiger partial charge in [0, 0.05) is 33.0 Å². The second-order valence-electron chi connectivity index (χ2n) is 9.12. The number of fused-ring (bicyclic) bond motifs is 2. The summed E-state index contributed by atoms with van der Waals surface area (Å²) in [7, 11) is 0. The van der Waals surface area contributed by atoms with E-state index < -0.39 is 5.97 Å². The molecule has 0 saturated heterocycles. The minimum atomic E-state index is -0.996. The predicted octanol–water partition coefficient (Wildman–Crippen LogP) is 6.45. The van der Waals surface area contributed by atoms with Gasteiger partial charge in [-0.25, -0.2) is 9.78 Å². The Hall–Kier alpha value is -4.95. The zero-order chi connectivity index (χ0) is 27.3. The molecule has 0 aliphatic carbocycles. The topological polar surface area (TPSA) is 103 Å². The summed E-state index contributed by atoms with van der Waals surface area (Å²) in [6, 6.07) is 22.8. The zero-order valence-corrected chi connectivity index (χ0v) is 21.7. The SMILES string of the molecule is Cc1cc(C=Nn2c(-c3cc4cc(Cl)ccc4o3)nc3ccccc3c2=O)c(C)n1-c1cccc(C(=O)O)c1. The van der Waals surface area contributed by atoms with Crippen molar-refractivity contribution in [2.45, 2.75) is 13.8 Å². The van der Waals surface area contributed by atoms with Crippen LogP contribution in [0.15, 0.2) is 93.2 Å². The molecule has 3 heterocycles. The highest BCUT2D eigenvalue weighted by Gasteiger charge is 2.17. The molecule has 0 spiro atoms. The van der Waals surface area contributed by atoms with Crippen LogP contribution in [0.25, 0.3) is 39.1 Å². The number of rotatable bonds is 5. The van der Waals surface area contributed by atoms with E-state index in [2.05, 4.69) is 5.10 Å². The number of aryl methyl sites for hydroxylation is 1. The summed E-state index contributed by atoms with van der Waals surface area (Å²) in [5, 5.41) is 15.8. The molecular formula is C30H21ClN4O4. The van der Waals surface area contributed by atoms with Crippen molar-refractivity contribution >= 4 is 45.7 Å². The number of carboxylic acids is 1. The van der Waals surface area contributed by atoms with Crippen molar-refractivity contribution in [3.63, 3.8) is 0 Å². The van der Waals surface area contributed by atoms with E-state index in [1.165, 1.54) is 4.68 Å². The molecule has 192 valence electrons. The molecule has 0 amide bonds. The number of nitrogens with zero attached hydrogens (tertiary/aromatic N) is 4. The maximum absolute atomic E-state index is 13.6. The van der Waals surface area contributed by atoms with E-state index in [0.717, 1.165) is 28.0 Å². The van der Waals surface area contributed by atoms with Gasteiger partial charge in [0.1, 0.15) is 5.58 Å². The van der Waals surface area contributed by atoms with E-state index in [-0.39, 0.29) is 16.9 Å². The molecule has 0 radical (unpaired) electrons. The monoisotopic (exact) mass is 536 g/mol. The molecule has 0 atom stereocenters. The van der Waals surface area contributed by atoms with Gasteiger partial charge in [-0.1, -0.05) is 29.8 Å². The quantitative estimate of drug-likeness (QED) is 0.255. The molecule has 39 heavy (non-hydrogen) atoms. The first kappa shape index (κ1) is 24.4. The maximum Gasteiger partial charge on any atom is 0.335 e. The zero-order valence-electron chi connectivity index (χ0n) is 20.9. The van der Waals surface area contributed by atoms with E-state index in [0.29, 0.717) is 27.3 Å². The second kappa shape index (κ2) is 9.41. The average molecular weight is 537 g/mol. The lowest BCUT2D eigenvalue weighted by Crippen LogP contribution is -2.20. The highest BCUT2D eigenvalue weighted by atomic mass is 35.5. The van der Waals surface area contributed by atoms with Crippen molar-refractivity contribution in [1.82, 2.24) is 14.2 Å². The van der Waals surface area contributed by atoms with Gasteiger partial charge in [0.05, 0.1) is 22.7 Å². The van der Waals surface area contributed by atoms with E-state index in [1.807, 2.05) is 36.6 Å². The summed E-state index contributed by atoms with van der Waals surface area (Å²) >= 11 is 6.16. The minimum Gasteiger partial charge on any atom is -0.478 e. The summed E-state index contributed by atoms with van der Waals surface area (Å²) in [5.74, 6) is -0.363. The van der Waals surface area contributed by atoms with E-state index in [9.17, 15) is 14.7 Å². The Morgan fingerprint density at radius 3 is 2.67 bits per heavy atom. The number of halogens is 1. The maximum atomic E-state index is 13.6. The second-order valence-corrected chi connectivity index (χ2v) is 9.56. The number of aromatic nitrogens is 3. The van der Waals surface area contributed by atoms with Crippen LogP contribution in [-0.2, 0) is 0 Å². The normalized spacial score (nSPS) is 11.7. The van der Waals surface area contributed by atoms with Crippen molar-refractivity contribution in [3.8, 4) is 17.3 Å². The van der Waals surface area contributed by atoms with Gasteiger partial charge in [-0.15, -0.1) is 0 Å². The van der Waals surface area contributed by atoms with Crippen LogP contribution in [0.1, 0.15) is 27.3 Å². The minimum absolute atomic E-state index is 0.195. The summed E-state index contributed by atoms with van der Waals surface area (Å²) in [6.45, 7) is 3.83. The van der Waals surface area contributed by atoms with Gasteiger partial charge in [-0.05, 0) is 74.5 Å². The first-order valence-corrected chi connectivity index (χ1v) is 12.5. The largest absolute Gasteiger partial charge is 0.478 e. The van der Waals surface area contributed by atoms with Gasteiger partial charge < -0.3 is 14.1 Å². The molecule has 1 N–H and O–H groups in total. The highest BCUT2D eigenvalue weighted by Crippen LogP contribution is 2.29. The first-order chi connectivity index (χ1) is 18.8. The number of carbonyl (C=O) groups is 1. The van der Waals surface area contributed by atoms with Gasteiger partial charge in [0.15, 0.2) is 5.76 Å². The fourth-order valence-electron chi connectivity index (χ4n) is 4.73. The first-order valence-electron chi connectivity index (χ1n) is 12.1. The van der Waals surface area contributed by atoms with Crippen LogP contribution in [0.3, 0.4) is 0 Å². The van der Waals surface area contributed by atoms with Crippen molar-refractivity contribution in [1.29, 1.82) is 0 Å². The van der Waals surface area contributed by atoms with Gasteiger partial charge in [0.2, 0.25) is 5.82 Å². The van der Waals surface area contributed by atoms with Crippen molar-refractivity contribution in [2.75, 3.05) is 0 Å². The molecule has 0 unspecified atom stereocenters. The van der Waals surface area contributed by atoms with E-state index >= 15 is 0 Å². The fraction of sp³-hybridized carbons (Fsp3) is 0.0667. The molecule has 0 bridgehead atoms. The molecule has 0 fully saturated rings. The molecule has 0 aliphatic heterocycles. The average Bonchev–Trinajstić information content (AvgIpc) is 3.47. The van der Waals surface area contributed by atoms with Crippen molar-refractivity contribution in [2.24, 2.45) is 5.10 Å². The van der Waals surface area contributed by atoms with Crippen LogP contribution in [0.4, 0.5) is 0 Å². The number of hydrogen-bond donors (Lipinski definition) is 1. The summed E-state index contributed by atoms with van der Waals surface area (Å²) in [4.78, 5) is 29.8. The number of furan rings is 1. The number of carboxylic acid groups (broad SMARTS) is 1. The lowest BCUT2D eigenvalue weighted by molar-refractivity contribution is 0.0697. The Morgan fingerprint density at radius 1 is 1.03 bits per heavy atom. The van der Waals surface area contributed by atoms with Gasteiger partial charge in [-0.2, -0.15) is 9.78 Å². The molecule has 0 aliphatic rings. The summed E-state index contributed by atoms with van der Waals surface area (Å²) in [5.41, 5.74) is 4.19. The molecule has 8 nitrogen and oxygen atoms in total. The van der Waals surface area contributed by atoms with Crippen molar-refractivity contribution < 1.29 is 14.3 Å². The molecular weight excluding hydrogens is 516 g/mol. The lowest BCUT2D eigenvalue weighted by atomic mass is 10.2. The number of benzene rings is 3. The molecule has 3 aromatic heterocycles. The smallest absolute Gasteiger partial charge is 0.335 e. The van der Waals surface area contributed by atoms with E-state index in [4.69, 9.17) is 21.0 Å². The van der Waals surface area contributed by atoms with Gasteiger partial charge in [0.25, 0.3) is 5.56 Å². The molecule has 0 saturated carbocycles. The Kier molecular flexibility index (Phi) is 5.89. The fourth-order valence-corrected chi connectivity index (χ4v) is 4.91. The molecule has 9 heteroatoms. The number of aromatic carboxylic acids is 1. The van der Waals surface area contributed by atoms with E-state index in [1.54, 1.807) is 66.9 Å². The van der Waals surface area contributed by atoms with Crippen LogP contribution in [0.2, 0.25) is 5.02 Å². The van der Waals surface area contributed by atoms with Gasteiger partial charge >= 0.3 is 5.97 Å². The Balaban J connectivity index is 1.50. The van der Waals surface area contributed by atoms with Crippen LogP contribution < -0.4 is 5.56 Å². The van der Waals surface area contributed by atoms with Crippen molar-refractivity contribution in [3.05, 3.63) is 117 Å². The lowest BCUT2D eigenvalue weighted by Gasteiger charge is -2.10. The number of hydrogen-bond acceptors (Lipinski definition) is 5. The highest BCUT2D eigenvalue weighted by molar-refractivity contribution is 6.31. The third-order valence-corrected chi connectivity index (χ3v) is 6.82. The van der Waals surface area contributed by atoms with Crippen LogP contribution >= 0.6 is 11.6 Å². The van der Waals surface area contributed by atoms with Crippen LogP contribution in [0.5, 0.6) is 0 Å². The van der Waals surface area contributed by atoms with Gasteiger partial charge in [-0.3, -0.25) is 4.79 Å². The predicted molar refractivity (Wildman–Crippen MR) is 151 cm³/mol. The number of para-hydroxylation sites is 1. The van der Waals surface area contributed by atoms with Crippen LogP contribution in [0, 0.1) is 13.8 Å². The third-order valence-electron chi connectivity index (χ3n) is 6.59. The summed E-state index contributed by atoms with van der Waals surface area (Å²) in [6.07, 6.45) is 1.60. The molecule has 3 aromatic carbocycles. The van der Waals surface area contributed by atoms with Crippen LogP contribution in [-0.4, -0.2) is 31.5 Å². The Bertz CT molecular complexity index is 2020. The summed E-state index contributed by atoms with van der Waals surface area (Å²) < 4.78 is 9.21.